The van der Waals surface area contributed by atoms with Crippen molar-refractivity contribution in [3.8, 4) is 0 Å². The van der Waals surface area contributed by atoms with E-state index in [4.69, 9.17) is 10.8 Å². The maximum Gasteiger partial charge on any atom is 0.276 e. The molecule has 0 radical (unpaired) electrons. The number of anilines is 2. The van der Waals surface area contributed by atoms with Gasteiger partial charge in [-0.25, -0.2) is 4.98 Å². The van der Waals surface area contributed by atoms with E-state index < -0.39 is 4.92 Å². The zero-order valence-electron chi connectivity index (χ0n) is 8.51. The van der Waals surface area contributed by atoms with E-state index in [1.807, 2.05) is 0 Å². The average Bonchev–Trinajstić information content (AvgIpc) is 2.97. The molecule has 1 aromatic rings. The molecule has 0 aliphatic heterocycles. The molecule has 7 nitrogen and oxygen atoms in total. The third kappa shape index (κ3) is 2.03. The molecule has 2 rings (SSSR count). The van der Waals surface area contributed by atoms with Crippen LogP contribution < -0.4 is 11.1 Å². The number of nitrogens with one attached hydrogen (secondary N) is 1. The SMILES string of the molecule is Nc1cc([N+](=O)[O-])cc(NC2(CO)CC2)n1. The molecular formula is C9H12N4O3. The quantitative estimate of drug-likeness (QED) is 0.507. The standard InChI is InChI=1S/C9H12N4O3/c10-7-3-6(13(15)16)4-8(11-7)12-9(5-14)1-2-9/h3-4,14H,1-2,5H2,(H3,10,11,12). The number of hydrogen-bond donors (Lipinski definition) is 3. The lowest BCUT2D eigenvalue weighted by Crippen LogP contribution is -2.26. The lowest BCUT2D eigenvalue weighted by atomic mass is 10.3. The van der Waals surface area contributed by atoms with Gasteiger partial charge in [-0.15, -0.1) is 0 Å². The molecule has 0 amide bonds. The largest absolute Gasteiger partial charge is 0.394 e. The van der Waals surface area contributed by atoms with E-state index in [-0.39, 0.29) is 23.7 Å². The normalized spacial score (nSPS) is 16.8. The fraction of sp³-hybridized carbons (Fsp3) is 0.444. The molecule has 1 aromatic heterocycles. The molecule has 0 unspecified atom stereocenters. The predicted octanol–water partition coefficient (Wildman–Crippen LogP) is 0.509. The maximum absolute atomic E-state index is 10.6. The Balaban J connectivity index is 2.24. The fourth-order valence-electron chi connectivity index (χ4n) is 1.45. The van der Waals surface area contributed by atoms with Gasteiger partial charge in [0.15, 0.2) is 0 Å². The summed E-state index contributed by atoms with van der Waals surface area (Å²) in [4.78, 5) is 14.0. The Kier molecular flexibility index (Phi) is 2.39. The number of nitro groups is 1. The highest BCUT2D eigenvalue weighted by Crippen LogP contribution is 2.38. The Hall–Kier alpha value is -1.89. The Morgan fingerprint density at radius 2 is 2.31 bits per heavy atom. The van der Waals surface area contributed by atoms with Crippen LogP contribution in [0.5, 0.6) is 0 Å². The zero-order chi connectivity index (χ0) is 11.8. The number of aromatic nitrogens is 1. The summed E-state index contributed by atoms with van der Waals surface area (Å²) in [6.07, 6.45) is 1.65. The van der Waals surface area contributed by atoms with E-state index in [1.165, 1.54) is 12.1 Å². The first-order valence-electron chi connectivity index (χ1n) is 4.86. The van der Waals surface area contributed by atoms with Crippen LogP contribution in [0.4, 0.5) is 17.3 Å². The highest BCUT2D eigenvalue weighted by atomic mass is 16.6. The summed E-state index contributed by atoms with van der Waals surface area (Å²) in [6, 6.07) is 2.51. The lowest BCUT2D eigenvalue weighted by molar-refractivity contribution is -0.384. The number of rotatable bonds is 4. The number of aliphatic hydroxyl groups is 1. The molecular weight excluding hydrogens is 212 g/mol. The molecule has 4 N–H and O–H groups in total. The number of aliphatic hydroxyl groups excluding tert-OH is 1. The van der Waals surface area contributed by atoms with E-state index in [0.717, 1.165) is 12.8 Å². The number of hydrogen-bond acceptors (Lipinski definition) is 6. The third-order valence-electron chi connectivity index (χ3n) is 2.59. The number of nitrogen functional groups attached to an aromatic ring is 1. The molecule has 1 fully saturated rings. The van der Waals surface area contributed by atoms with Crippen LogP contribution in [0.25, 0.3) is 0 Å². The third-order valence-corrected chi connectivity index (χ3v) is 2.59. The summed E-state index contributed by atoms with van der Waals surface area (Å²) >= 11 is 0. The number of nitrogens with two attached hydrogens (primary N) is 1. The van der Waals surface area contributed by atoms with Gasteiger partial charge in [0, 0.05) is 0 Å². The smallest absolute Gasteiger partial charge is 0.276 e. The minimum atomic E-state index is -0.526. The van der Waals surface area contributed by atoms with Gasteiger partial charge < -0.3 is 16.2 Å². The summed E-state index contributed by atoms with van der Waals surface area (Å²) in [7, 11) is 0. The second-order valence-corrected chi connectivity index (χ2v) is 3.96. The van der Waals surface area contributed by atoms with Crippen LogP contribution in [0.2, 0.25) is 0 Å². The monoisotopic (exact) mass is 224 g/mol. The van der Waals surface area contributed by atoms with Gasteiger partial charge in [-0.05, 0) is 12.8 Å². The minimum Gasteiger partial charge on any atom is -0.394 e. The summed E-state index contributed by atoms with van der Waals surface area (Å²) in [5.41, 5.74) is 4.99. The van der Waals surface area contributed by atoms with Crippen molar-refractivity contribution >= 4 is 17.3 Å². The Morgan fingerprint density at radius 3 is 2.81 bits per heavy atom. The molecule has 86 valence electrons. The van der Waals surface area contributed by atoms with Gasteiger partial charge in [-0.3, -0.25) is 10.1 Å². The molecule has 0 aromatic carbocycles. The summed E-state index contributed by atoms with van der Waals surface area (Å²) in [5, 5.41) is 22.7. The van der Waals surface area contributed by atoms with Crippen molar-refractivity contribution < 1.29 is 10.0 Å². The fourth-order valence-corrected chi connectivity index (χ4v) is 1.45. The zero-order valence-corrected chi connectivity index (χ0v) is 8.51. The van der Waals surface area contributed by atoms with Gasteiger partial charge >= 0.3 is 0 Å². The van der Waals surface area contributed by atoms with Crippen molar-refractivity contribution in [2.75, 3.05) is 17.7 Å². The highest BCUT2D eigenvalue weighted by Gasteiger charge is 2.42. The van der Waals surface area contributed by atoms with Gasteiger partial charge in [0.25, 0.3) is 5.69 Å². The molecule has 1 aliphatic rings. The van der Waals surface area contributed by atoms with Crippen LogP contribution in [-0.2, 0) is 0 Å². The first-order chi connectivity index (χ1) is 7.54. The second kappa shape index (κ2) is 3.60. The summed E-state index contributed by atoms with van der Waals surface area (Å²) < 4.78 is 0. The van der Waals surface area contributed by atoms with Crippen LogP contribution in [0.3, 0.4) is 0 Å². The van der Waals surface area contributed by atoms with Gasteiger partial charge in [0.1, 0.15) is 11.6 Å². The van der Waals surface area contributed by atoms with E-state index in [1.54, 1.807) is 0 Å². The van der Waals surface area contributed by atoms with Gasteiger partial charge in [-0.2, -0.15) is 0 Å². The molecule has 0 saturated heterocycles. The van der Waals surface area contributed by atoms with E-state index in [0.29, 0.717) is 5.82 Å². The lowest BCUT2D eigenvalue weighted by Gasteiger charge is -2.14. The van der Waals surface area contributed by atoms with Crippen LogP contribution in [0, 0.1) is 10.1 Å². The van der Waals surface area contributed by atoms with E-state index in [9.17, 15) is 10.1 Å². The van der Waals surface area contributed by atoms with E-state index >= 15 is 0 Å². The Morgan fingerprint density at radius 1 is 1.62 bits per heavy atom. The average molecular weight is 224 g/mol. The van der Waals surface area contributed by atoms with Crippen LogP contribution in [-0.4, -0.2) is 27.2 Å². The van der Waals surface area contributed by atoms with Gasteiger partial charge in [0.2, 0.25) is 0 Å². The second-order valence-electron chi connectivity index (χ2n) is 3.96. The highest BCUT2D eigenvalue weighted by molar-refractivity contribution is 5.54. The van der Waals surface area contributed by atoms with Crippen molar-refractivity contribution in [3.63, 3.8) is 0 Å². The van der Waals surface area contributed by atoms with Crippen molar-refractivity contribution in [2.45, 2.75) is 18.4 Å². The van der Waals surface area contributed by atoms with Crippen molar-refractivity contribution in [1.29, 1.82) is 0 Å². The number of pyridine rings is 1. The van der Waals surface area contributed by atoms with Crippen LogP contribution in [0.1, 0.15) is 12.8 Å². The first-order valence-corrected chi connectivity index (χ1v) is 4.86. The van der Waals surface area contributed by atoms with Crippen molar-refractivity contribution in [3.05, 3.63) is 22.2 Å². The number of nitrogens with zero attached hydrogens (tertiary/aromatic N) is 2. The predicted molar refractivity (Wildman–Crippen MR) is 58.0 cm³/mol. The molecule has 16 heavy (non-hydrogen) atoms. The Labute approximate surface area is 91.4 Å². The molecule has 1 aliphatic carbocycles. The van der Waals surface area contributed by atoms with Crippen molar-refractivity contribution in [1.82, 2.24) is 4.98 Å². The van der Waals surface area contributed by atoms with E-state index in [2.05, 4.69) is 10.3 Å². The molecule has 1 heterocycles. The topological polar surface area (TPSA) is 114 Å². The van der Waals surface area contributed by atoms with Crippen LogP contribution in [0.15, 0.2) is 12.1 Å². The minimum absolute atomic E-state index is 0.0166. The van der Waals surface area contributed by atoms with Gasteiger partial charge in [-0.1, -0.05) is 0 Å². The molecule has 0 atom stereocenters. The van der Waals surface area contributed by atoms with Crippen LogP contribution >= 0.6 is 0 Å². The summed E-state index contributed by atoms with van der Waals surface area (Å²) in [5.74, 6) is 0.420. The summed E-state index contributed by atoms with van der Waals surface area (Å²) in [6.45, 7) is -0.0166. The first kappa shape index (κ1) is 10.6. The molecule has 0 bridgehead atoms. The molecule has 7 heteroatoms. The molecule has 0 spiro atoms. The van der Waals surface area contributed by atoms with Gasteiger partial charge in [0.05, 0.1) is 29.2 Å². The maximum atomic E-state index is 10.6. The van der Waals surface area contributed by atoms with Crippen molar-refractivity contribution in [2.24, 2.45) is 0 Å². The Bertz CT molecular complexity index is 431. The molecule has 1 saturated carbocycles.